The largest absolute Gasteiger partial charge is 0.354 e. The second-order valence-corrected chi connectivity index (χ2v) is 5.44. The van der Waals surface area contributed by atoms with Gasteiger partial charge in [-0.1, -0.05) is 51.2 Å². The summed E-state index contributed by atoms with van der Waals surface area (Å²) >= 11 is 0. The number of hydrogen-bond donors (Lipinski definition) is 1. The van der Waals surface area contributed by atoms with Gasteiger partial charge in [-0.25, -0.2) is 0 Å². The van der Waals surface area contributed by atoms with Crippen LogP contribution >= 0.6 is 0 Å². The quantitative estimate of drug-likeness (QED) is 0.591. The van der Waals surface area contributed by atoms with Crippen molar-refractivity contribution in [2.24, 2.45) is 5.92 Å². The lowest BCUT2D eigenvalue weighted by atomic mass is 9.94. The molecule has 0 fully saturated rings. The molecule has 0 saturated heterocycles. The Kier molecular flexibility index (Phi) is 10.6. The predicted octanol–water partition coefficient (Wildman–Crippen LogP) is 3.55. The van der Waals surface area contributed by atoms with Gasteiger partial charge in [-0.2, -0.15) is 0 Å². The van der Waals surface area contributed by atoms with Gasteiger partial charge in [-0.15, -0.1) is 0 Å². The first-order valence-corrected chi connectivity index (χ1v) is 7.96. The second kappa shape index (κ2) is 11.3. The number of nitrogens with zero attached hydrogens (tertiary/aromatic N) is 1. The molecule has 0 heterocycles. The molecular weight excluding hydrogens is 260 g/mol. The van der Waals surface area contributed by atoms with Gasteiger partial charge >= 0.3 is 0 Å². The minimum Gasteiger partial charge on any atom is -0.354 e. The topological polar surface area (TPSA) is 32.3 Å². The maximum atomic E-state index is 12.2. The van der Waals surface area contributed by atoms with Crippen molar-refractivity contribution < 1.29 is 4.79 Å². The van der Waals surface area contributed by atoms with Crippen molar-refractivity contribution in [3.8, 4) is 0 Å². The molecule has 3 heteroatoms. The van der Waals surface area contributed by atoms with Gasteiger partial charge in [0.25, 0.3) is 0 Å². The standard InChI is InChI=1S/C18H32N2O/c1-7-10-13-20(9-3)14-12-19-18(21)16(6)17(11-8-2)15(4)5/h8,11,16H,2,4,7,9-10,12-14H2,1,3,5-6H3,(H,19,21)/b17-11+. The fraction of sp³-hybridized carbons (Fsp3) is 0.611. The molecule has 0 aromatic rings. The number of amides is 1. The van der Waals surface area contributed by atoms with Crippen molar-refractivity contribution in [1.82, 2.24) is 10.2 Å². The minimum atomic E-state index is -0.189. The zero-order valence-electron chi connectivity index (χ0n) is 14.2. The van der Waals surface area contributed by atoms with Gasteiger partial charge in [0.15, 0.2) is 0 Å². The number of rotatable bonds is 11. The number of likely N-dealkylation sites (N-methyl/N-ethyl adjacent to an activating group) is 1. The Hall–Kier alpha value is -1.35. The summed E-state index contributed by atoms with van der Waals surface area (Å²) in [4.78, 5) is 14.6. The van der Waals surface area contributed by atoms with Crippen LogP contribution in [0.4, 0.5) is 0 Å². The average Bonchev–Trinajstić information content (AvgIpc) is 2.46. The molecule has 1 unspecified atom stereocenters. The smallest absolute Gasteiger partial charge is 0.227 e. The van der Waals surface area contributed by atoms with E-state index in [0.29, 0.717) is 6.54 Å². The molecule has 3 nitrogen and oxygen atoms in total. The zero-order chi connectivity index (χ0) is 16.3. The third kappa shape index (κ3) is 7.86. The average molecular weight is 292 g/mol. The Bertz CT molecular complexity index is 371. The van der Waals surface area contributed by atoms with E-state index in [0.717, 1.165) is 30.8 Å². The molecule has 0 saturated carbocycles. The summed E-state index contributed by atoms with van der Waals surface area (Å²) in [5.41, 5.74) is 1.86. The first kappa shape index (κ1) is 19.7. The summed E-state index contributed by atoms with van der Waals surface area (Å²) in [6, 6.07) is 0. The molecule has 0 bridgehead atoms. The lowest BCUT2D eigenvalue weighted by Crippen LogP contribution is -2.38. The number of nitrogens with one attached hydrogen (secondary N) is 1. The maximum Gasteiger partial charge on any atom is 0.227 e. The minimum absolute atomic E-state index is 0.0534. The second-order valence-electron chi connectivity index (χ2n) is 5.44. The van der Waals surface area contributed by atoms with Crippen LogP contribution in [-0.4, -0.2) is 37.0 Å². The molecule has 1 amide bonds. The van der Waals surface area contributed by atoms with Crippen LogP contribution in [0.5, 0.6) is 0 Å². The van der Waals surface area contributed by atoms with Gasteiger partial charge in [-0.3, -0.25) is 4.79 Å². The van der Waals surface area contributed by atoms with E-state index >= 15 is 0 Å². The zero-order valence-corrected chi connectivity index (χ0v) is 14.2. The highest BCUT2D eigenvalue weighted by atomic mass is 16.1. The first-order chi connectivity index (χ1) is 9.97. The molecule has 0 aliphatic rings. The molecular formula is C18H32N2O. The highest BCUT2D eigenvalue weighted by molar-refractivity contribution is 5.82. The summed E-state index contributed by atoms with van der Waals surface area (Å²) in [6.45, 7) is 19.5. The Morgan fingerprint density at radius 1 is 1.33 bits per heavy atom. The van der Waals surface area contributed by atoms with E-state index < -0.39 is 0 Å². The highest BCUT2D eigenvalue weighted by Crippen LogP contribution is 2.18. The van der Waals surface area contributed by atoms with Gasteiger partial charge in [0.1, 0.15) is 0 Å². The number of unbranched alkanes of at least 4 members (excludes halogenated alkanes) is 1. The fourth-order valence-electron chi connectivity index (χ4n) is 2.22. The maximum absolute atomic E-state index is 12.2. The number of carbonyl (C=O) groups excluding carboxylic acids is 1. The molecule has 21 heavy (non-hydrogen) atoms. The summed E-state index contributed by atoms with van der Waals surface area (Å²) < 4.78 is 0. The molecule has 1 atom stereocenters. The lowest BCUT2D eigenvalue weighted by Gasteiger charge is -2.21. The molecule has 1 N–H and O–H groups in total. The molecule has 0 spiro atoms. The van der Waals surface area contributed by atoms with E-state index in [9.17, 15) is 4.79 Å². The van der Waals surface area contributed by atoms with Gasteiger partial charge in [0, 0.05) is 13.1 Å². The fourth-order valence-corrected chi connectivity index (χ4v) is 2.22. The van der Waals surface area contributed by atoms with E-state index in [1.165, 1.54) is 12.8 Å². The van der Waals surface area contributed by atoms with Crippen molar-refractivity contribution in [1.29, 1.82) is 0 Å². The number of hydrogen-bond acceptors (Lipinski definition) is 2. The van der Waals surface area contributed by atoms with Crippen LogP contribution in [0.2, 0.25) is 0 Å². The molecule has 0 aromatic heterocycles. The Morgan fingerprint density at radius 2 is 2.00 bits per heavy atom. The molecule has 0 rings (SSSR count). The van der Waals surface area contributed by atoms with Crippen LogP contribution in [0.1, 0.15) is 40.5 Å². The van der Waals surface area contributed by atoms with Gasteiger partial charge < -0.3 is 10.2 Å². The van der Waals surface area contributed by atoms with E-state index in [-0.39, 0.29) is 11.8 Å². The van der Waals surface area contributed by atoms with Crippen molar-refractivity contribution in [3.05, 3.63) is 36.5 Å². The van der Waals surface area contributed by atoms with Crippen LogP contribution in [0.15, 0.2) is 36.5 Å². The monoisotopic (exact) mass is 292 g/mol. The van der Waals surface area contributed by atoms with Crippen LogP contribution in [0, 0.1) is 5.92 Å². The molecule has 0 radical (unpaired) electrons. The normalized spacial score (nSPS) is 13.1. The Morgan fingerprint density at radius 3 is 2.48 bits per heavy atom. The van der Waals surface area contributed by atoms with Gasteiger partial charge in [-0.05, 0) is 38.9 Å². The van der Waals surface area contributed by atoms with Crippen molar-refractivity contribution in [3.63, 3.8) is 0 Å². The van der Waals surface area contributed by atoms with Crippen LogP contribution < -0.4 is 5.32 Å². The Balaban J connectivity index is 4.32. The van der Waals surface area contributed by atoms with E-state index in [1.807, 2.05) is 19.9 Å². The van der Waals surface area contributed by atoms with E-state index in [1.54, 1.807) is 6.08 Å². The first-order valence-electron chi connectivity index (χ1n) is 7.96. The summed E-state index contributed by atoms with van der Waals surface area (Å²) in [7, 11) is 0. The Labute approximate surface area is 130 Å². The molecule has 0 aliphatic carbocycles. The van der Waals surface area contributed by atoms with Crippen molar-refractivity contribution >= 4 is 5.91 Å². The highest BCUT2D eigenvalue weighted by Gasteiger charge is 2.17. The summed E-state index contributed by atoms with van der Waals surface area (Å²) in [5.74, 6) is -0.135. The number of allylic oxidation sites excluding steroid dienone is 3. The van der Waals surface area contributed by atoms with E-state index in [4.69, 9.17) is 0 Å². The SMILES string of the molecule is C=C/C=C(\C(=C)C)C(C)C(=O)NCCN(CC)CCCC. The lowest BCUT2D eigenvalue weighted by molar-refractivity contribution is -0.123. The molecule has 0 aromatic carbocycles. The summed E-state index contributed by atoms with van der Waals surface area (Å²) in [5, 5.41) is 3.02. The number of carbonyl (C=O) groups is 1. The van der Waals surface area contributed by atoms with Crippen LogP contribution in [0.25, 0.3) is 0 Å². The molecule has 120 valence electrons. The van der Waals surface area contributed by atoms with Gasteiger partial charge in [0.2, 0.25) is 5.91 Å². The predicted molar refractivity (Wildman–Crippen MR) is 92.3 cm³/mol. The molecule has 0 aliphatic heterocycles. The van der Waals surface area contributed by atoms with E-state index in [2.05, 4.69) is 37.2 Å². The van der Waals surface area contributed by atoms with Crippen LogP contribution in [-0.2, 0) is 4.79 Å². The summed E-state index contributed by atoms with van der Waals surface area (Å²) in [6.07, 6.45) is 5.98. The van der Waals surface area contributed by atoms with Gasteiger partial charge in [0.05, 0.1) is 5.92 Å². The van der Waals surface area contributed by atoms with Crippen molar-refractivity contribution in [2.45, 2.75) is 40.5 Å². The van der Waals surface area contributed by atoms with Crippen molar-refractivity contribution in [2.75, 3.05) is 26.2 Å². The third-order valence-electron chi connectivity index (χ3n) is 3.65. The third-order valence-corrected chi connectivity index (χ3v) is 3.65. The van der Waals surface area contributed by atoms with Crippen LogP contribution in [0.3, 0.4) is 0 Å².